The summed E-state index contributed by atoms with van der Waals surface area (Å²) in [4.78, 5) is 16.8. The average Bonchev–Trinajstić information content (AvgIpc) is 2.65. The van der Waals surface area contributed by atoms with Gasteiger partial charge in [-0.15, -0.1) is 0 Å². The van der Waals surface area contributed by atoms with Crippen LogP contribution in [0.1, 0.15) is 60.3 Å². The van der Waals surface area contributed by atoms with Gasteiger partial charge in [-0.25, -0.2) is 4.39 Å². The summed E-state index contributed by atoms with van der Waals surface area (Å²) < 4.78 is 19.4. The van der Waals surface area contributed by atoms with Crippen LogP contribution >= 0.6 is 0 Å². The predicted octanol–water partition coefficient (Wildman–Crippen LogP) is 6.11. The molecule has 1 aromatic carbocycles. The third-order valence-electron chi connectivity index (χ3n) is 4.24. The number of amidine groups is 1. The number of aliphatic imine (C=N–C) groups is 1. The SMILES string of the molecule is C=C(C)C(=C\NC(C)=NC(CCC)CCC)/C=C(/Oc1ccccc1F)C(C)=O. The number of carbonyl (C=O) groups excluding carboxylic acids is 1. The number of ether oxygens (including phenoxy) is 1. The van der Waals surface area contributed by atoms with E-state index in [0.29, 0.717) is 11.6 Å². The quantitative estimate of drug-likeness (QED) is 0.160. The molecule has 0 unspecified atom stereocenters. The highest BCUT2D eigenvalue weighted by atomic mass is 19.1. The molecule has 0 aromatic heterocycles. The third-order valence-corrected chi connectivity index (χ3v) is 4.24. The second-order valence-electron chi connectivity index (χ2n) is 7.07. The predicted molar refractivity (Wildman–Crippen MR) is 119 cm³/mol. The van der Waals surface area contributed by atoms with Gasteiger partial charge in [0, 0.05) is 13.1 Å². The lowest BCUT2D eigenvalue weighted by Gasteiger charge is -2.13. The first-order valence-electron chi connectivity index (χ1n) is 10.1. The summed E-state index contributed by atoms with van der Waals surface area (Å²) in [6.45, 7) is 13.4. The Labute approximate surface area is 174 Å². The summed E-state index contributed by atoms with van der Waals surface area (Å²) in [5, 5.41) is 3.17. The fraction of sp³-hybridized carbons (Fsp3) is 0.417. The van der Waals surface area contributed by atoms with Gasteiger partial charge in [0.15, 0.2) is 23.1 Å². The van der Waals surface area contributed by atoms with E-state index in [1.165, 1.54) is 19.1 Å². The van der Waals surface area contributed by atoms with Crippen molar-refractivity contribution in [2.75, 3.05) is 0 Å². The van der Waals surface area contributed by atoms with E-state index in [1.807, 2.05) is 13.8 Å². The van der Waals surface area contributed by atoms with Crippen LogP contribution in [0, 0.1) is 5.82 Å². The number of rotatable bonds is 11. The monoisotopic (exact) mass is 400 g/mol. The normalized spacial score (nSPS) is 12.9. The van der Waals surface area contributed by atoms with E-state index in [9.17, 15) is 9.18 Å². The molecule has 0 aliphatic heterocycles. The molecule has 1 rings (SSSR count). The van der Waals surface area contributed by atoms with Crippen molar-refractivity contribution in [1.82, 2.24) is 5.32 Å². The number of halogens is 1. The summed E-state index contributed by atoms with van der Waals surface area (Å²) in [6, 6.07) is 6.28. The van der Waals surface area contributed by atoms with Gasteiger partial charge >= 0.3 is 0 Å². The summed E-state index contributed by atoms with van der Waals surface area (Å²) in [5.41, 5.74) is 1.41. The molecular formula is C24H33FN2O2. The maximum absolute atomic E-state index is 13.9. The van der Waals surface area contributed by atoms with Crippen molar-refractivity contribution in [3.05, 3.63) is 65.8 Å². The zero-order chi connectivity index (χ0) is 21.8. The van der Waals surface area contributed by atoms with Gasteiger partial charge in [-0.05, 0) is 56.0 Å². The number of ketones is 1. The van der Waals surface area contributed by atoms with E-state index < -0.39 is 5.82 Å². The molecule has 0 spiro atoms. The lowest BCUT2D eigenvalue weighted by molar-refractivity contribution is -0.115. The van der Waals surface area contributed by atoms with Crippen molar-refractivity contribution in [3.63, 3.8) is 0 Å². The average molecular weight is 401 g/mol. The van der Waals surface area contributed by atoms with Crippen LogP contribution in [0.4, 0.5) is 4.39 Å². The molecule has 0 amide bonds. The molecule has 0 saturated heterocycles. The van der Waals surface area contributed by atoms with E-state index >= 15 is 0 Å². The number of benzene rings is 1. The Balaban J connectivity index is 3.07. The minimum Gasteiger partial charge on any atom is -0.451 e. The van der Waals surface area contributed by atoms with E-state index in [1.54, 1.807) is 24.4 Å². The molecule has 5 heteroatoms. The number of para-hydroxylation sites is 1. The first-order valence-corrected chi connectivity index (χ1v) is 10.1. The molecule has 0 aliphatic rings. The zero-order valence-electron chi connectivity index (χ0n) is 18.2. The van der Waals surface area contributed by atoms with E-state index in [2.05, 4.69) is 25.7 Å². The van der Waals surface area contributed by atoms with Gasteiger partial charge in [-0.1, -0.05) is 45.4 Å². The van der Waals surface area contributed by atoms with Crippen LogP contribution in [0.15, 0.2) is 65.0 Å². The lowest BCUT2D eigenvalue weighted by Crippen LogP contribution is -2.18. The highest BCUT2D eigenvalue weighted by Gasteiger charge is 2.12. The standard InChI is InChI=1S/C24H33FN2O2/c1-7-11-21(12-8-2)27-19(6)26-16-20(17(3)4)15-24(18(5)28)29-23-14-10-9-13-22(23)25/h9-10,13-16,21H,3,7-8,11-12H2,1-2,4-6H3,(H,26,27)/b20-16-,24-15+. The molecular weight excluding hydrogens is 367 g/mol. The summed E-state index contributed by atoms with van der Waals surface area (Å²) >= 11 is 0. The van der Waals surface area contributed by atoms with Crippen molar-refractivity contribution in [3.8, 4) is 5.75 Å². The lowest BCUT2D eigenvalue weighted by atomic mass is 10.1. The van der Waals surface area contributed by atoms with Gasteiger partial charge in [-0.2, -0.15) is 0 Å². The molecule has 0 heterocycles. The minimum atomic E-state index is -0.528. The van der Waals surface area contributed by atoms with Gasteiger partial charge in [0.1, 0.15) is 0 Å². The zero-order valence-corrected chi connectivity index (χ0v) is 18.2. The fourth-order valence-electron chi connectivity index (χ4n) is 2.71. The number of Topliss-reactive ketones (excluding diaryl/α,β-unsaturated/α-hetero) is 1. The molecule has 1 N–H and O–H groups in total. The Morgan fingerprint density at radius 1 is 1.21 bits per heavy atom. The number of hydrogen-bond donors (Lipinski definition) is 1. The smallest absolute Gasteiger partial charge is 0.194 e. The molecule has 0 aliphatic carbocycles. The molecule has 0 atom stereocenters. The molecule has 29 heavy (non-hydrogen) atoms. The highest BCUT2D eigenvalue weighted by molar-refractivity contribution is 5.92. The van der Waals surface area contributed by atoms with Crippen LogP contribution in [0.25, 0.3) is 0 Å². The Hall–Kier alpha value is -2.69. The molecule has 1 aromatic rings. The van der Waals surface area contributed by atoms with Crippen LogP contribution in [-0.4, -0.2) is 17.7 Å². The van der Waals surface area contributed by atoms with Gasteiger partial charge in [0.25, 0.3) is 0 Å². The Bertz CT molecular complexity index is 788. The van der Waals surface area contributed by atoms with Crippen molar-refractivity contribution in [2.45, 2.75) is 66.3 Å². The molecule has 158 valence electrons. The maximum atomic E-state index is 13.9. The number of carbonyl (C=O) groups is 1. The summed E-state index contributed by atoms with van der Waals surface area (Å²) in [7, 11) is 0. The van der Waals surface area contributed by atoms with Crippen molar-refractivity contribution >= 4 is 11.6 Å². The largest absolute Gasteiger partial charge is 0.451 e. The number of hydrogen-bond acceptors (Lipinski definition) is 3. The Morgan fingerprint density at radius 3 is 2.34 bits per heavy atom. The number of allylic oxidation sites excluding steroid dienone is 4. The van der Waals surface area contributed by atoms with Crippen LogP contribution in [0.5, 0.6) is 5.75 Å². The Kier molecular flexibility index (Phi) is 10.7. The van der Waals surface area contributed by atoms with E-state index in [4.69, 9.17) is 9.73 Å². The summed E-state index contributed by atoms with van der Waals surface area (Å²) in [6.07, 6.45) is 7.58. The van der Waals surface area contributed by atoms with E-state index in [0.717, 1.165) is 37.1 Å². The summed E-state index contributed by atoms with van der Waals surface area (Å²) in [5.74, 6) is -0.00188. The second-order valence-corrected chi connectivity index (χ2v) is 7.07. The molecule has 0 radical (unpaired) electrons. The first kappa shape index (κ1) is 24.3. The number of nitrogens with zero attached hydrogens (tertiary/aromatic N) is 1. The topological polar surface area (TPSA) is 50.7 Å². The van der Waals surface area contributed by atoms with Gasteiger partial charge in [0.2, 0.25) is 0 Å². The Morgan fingerprint density at radius 2 is 1.83 bits per heavy atom. The van der Waals surface area contributed by atoms with Crippen LogP contribution in [0.3, 0.4) is 0 Å². The van der Waals surface area contributed by atoms with Crippen LogP contribution < -0.4 is 10.1 Å². The van der Waals surface area contributed by atoms with Crippen molar-refractivity contribution < 1.29 is 13.9 Å². The van der Waals surface area contributed by atoms with Crippen LogP contribution in [0.2, 0.25) is 0 Å². The van der Waals surface area contributed by atoms with Crippen LogP contribution in [-0.2, 0) is 4.79 Å². The third kappa shape index (κ3) is 8.90. The fourth-order valence-corrected chi connectivity index (χ4v) is 2.71. The number of nitrogens with one attached hydrogen (secondary N) is 1. The van der Waals surface area contributed by atoms with E-state index in [-0.39, 0.29) is 17.3 Å². The van der Waals surface area contributed by atoms with Crippen molar-refractivity contribution in [2.24, 2.45) is 4.99 Å². The highest BCUT2D eigenvalue weighted by Crippen LogP contribution is 2.20. The maximum Gasteiger partial charge on any atom is 0.194 e. The molecule has 0 bridgehead atoms. The van der Waals surface area contributed by atoms with Crippen molar-refractivity contribution in [1.29, 1.82) is 0 Å². The molecule has 4 nitrogen and oxygen atoms in total. The van der Waals surface area contributed by atoms with Gasteiger partial charge < -0.3 is 10.1 Å². The van der Waals surface area contributed by atoms with Gasteiger partial charge in [0.05, 0.1) is 11.9 Å². The van der Waals surface area contributed by atoms with Gasteiger partial charge in [-0.3, -0.25) is 9.79 Å². The molecule has 0 fully saturated rings. The molecule has 0 saturated carbocycles. The minimum absolute atomic E-state index is 0.00249. The first-order chi connectivity index (χ1) is 13.8. The second kappa shape index (κ2) is 12.7.